The number of aromatic nitrogens is 2. The summed E-state index contributed by atoms with van der Waals surface area (Å²) in [6.07, 6.45) is 16.2. The van der Waals surface area contributed by atoms with Crippen molar-refractivity contribution in [1.29, 1.82) is 0 Å². The smallest absolute Gasteiger partial charge is 0.226 e. The van der Waals surface area contributed by atoms with E-state index in [-0.39, 0.29) is 5.91 Å². The molecule has 0 saturated heterocycles. The maximum atomic E-state index is 11.7. The molecule has 2 heterocycles. The number of hydrogen-bond donors (Lipinski definition) is 0. The van der Waals surface area contributed by atoms with Gasteiger partial charge in [0.1, 0.15) is 11.5 Å². The Morgan fingerprint density at radius 1 is 1.36 bits per heavy atom. The number of allylic oxidation sites excluding steroid dienone is 6. The van der Waals surface area contributed by atoms with Crippen molar-refractivity contribution in [2.45, 2.75) is 53.5 Å². The first kappa shape index (κ1) is 23.8. The lowest BCUT2D eigenvalue weighted by Gasteiger charge is -2.28. The second-order valence-corrected chi connectivity index (χ2v) is 6.69. The number of amides is 1. The van der Waals surface area contributed by atoms with E-state index in [4.69, 9.17) is 11.6 Å². The van der Waals surface area contributed by atoms with Crippen LogP contribution in [0.3, 0.4) is 0 Å². The van der Waals surface area contributed by atoms with Gasteiger partial charge < -0.3 is 4.90 Å². The molecule has 0 fully saturated rings. The van der Waals surface area contributed by atoms with E-state index < -0.39 is 0 Å². The van der Waals surface area contributed by atoms with E-state index >= 15 is 0 Å². The molecule has 0 bridgehead atoms. The standard InChI is InChI=1S/C11H12ClN3O.C10H14.C2H6/c1-2-3-10(16)15-5-4-9-8(6-15)11(12)14-7-13-9;1-3-9(2)10-7-5-4-6-8-10;1-2/h2,7H,1,3-6H2;3-7,10H,8H2,1-2H3;1-2H3/b;9-3+;. The molecule has 1 atom stereocenters. The Balaban J connectivity index is 0.000000281. The highest BCUT2D eigenvalue weighted by molar-refractivity contribution is 6.30. The number of carbonyl (C=O) groups excluding carboxylic acids is 1. The molecule has 1 aromatic heterocycles. The molecule has 3 rings (SSSR count). The second kappa shape index (κ2) is 13.1. The molecule has 0 radical (unpaired) electrons. The first-order valence-corrected chi connectivity index (χ1v) is 10.3. The van der Waals surface area contributed by atoms with Crippen molar-refractivity contribution in [3.05, 3.63) is 71.3 Å². The van der Waals surface area contributed by atoms with Gasteiger partial charge in [-0.15, -0.1) is 6.58 Å². The minimum atomic E-state index is 0.0700. The predicted octanol–water partition coefficient (Wildman–Crippen LogP) is 5.70. The molecule has 152 valence electrons. The highest BCUT2D eigenvalue weighted by atomic mass is 35.5. The predicted molar refractivity (Wildman–Crippen MR) is 118 cm³/mol. The van der Waals surface area contributed by atoms with Gasteiger partial charge in [-0.05, 0) is 20.3 Å². The number of rotatable bonds is 3. The average molecular weight is 402 g/mol. The molecule has 1 aromatic rings. The fourth-order valence-electron chi connectivity index (χ4n) is 2.90. The van der Waals surface area contributed by atoms with E-state index in [1.54, 1.807) is 11.0 Å². The highest BCUT2D eigenvalue weighted by Gasteiger charge is 2.22. The summed E-state index contributed by atoms with van der Waals surface area (Å²) in [5, 5.41) is 0.445. The number of hydrogen-bond acceptors (Lipinski definition) is 3. The molecule has 0 aromatic carbocycles. The van der Waals surface area contributed by atoms with Gasteiger partial charge in [-0.3, -0.25) is 4.79 Å². The van der Waals surface area contributed by atoms with E-state index in [1.807, 2.05) is 13.8 Å². The van der Waals surface area contributed by atoms with Crippen LogP contribution in [0.25, 0.3) is 0 Å². The fraction of sp³-hybridized carbons (Fsp3) is 0.435. The summed E-state index contributed by atoms with van der Waals surface area (Å²) in [5.41, 5.74) is 3.29. The molecule has 0 spiro atoms. The zero-order valence-electron chi connectivity index (χ0n) is 17.5. The number of carbonyl (C=O) groups is 1. The van der Waals surface area contributed by atoms with Crippen molar-refractivity contribution < 1.29 is 4.79 Å². The van der Waals surface area contributed by atoms with Gasteiger partial charge in [-0.25, -0.2) is 9.97 Å². The Hall–Kier alpha value is -2.20. The van der Waals surface area contributed by atoms with Gasteiger partial charge in [0, 0.05) is 30.9 Å². The Labute approximate surface area is 174 Å². The van der Waals surface area contributed by atoms with Crippen LogP contribution >= 0.6 is 11.6 Å². The van der Waals surface area contributed by atoms with E-state index in [1.165, 1.54) is 18.3 Å². The molecule has 1 aliphatic carbocycles. The van der Waals surface area contributed by atoms with Crippen molar-refractivity contribution in [1.82, 2.24) is 14.9 Å². The quantitative estimate of drug-likeness (QED) is 0.482. The Morgan fingerprint density at radius 2 is 2.11 bits per heavy atom. The van der Waals surface area contributed by atoms with Crippen molar-refractivity contribution in [2.75, 3.05) is 6.54 Å². The van der Waals surface area contributed by atoms with E-state index in [9.17, 15) is 4.79 Å². The van der Waals surface area contributed by atoms with Gasteiger partial charge in [0.05, 0.1) is 12.2 Å². The van der Waals surface area contributed by atoms with Crippen molar-refractivity contribution in [2.24, 2.45) is 5.92 Å². The molecular weight excluding hydrogens is 370 g/mol. The van der Waals surface area contributed by atoms with Crippen molar-refractivity contribution >= 4 is 17.5 Å². The summed E-state index contributed by atoms with van der Waals surface area (Å²) < 4.78 is 0. The van der Waals surface area contributed by atoms with Gasteiger partial charge in [0.2, 0.25) is 5.91 Å². The summed E-state index contributed by atoms with van der Waals surface area (Å²) in [7, 11) is 0. The van der Waals surface area contributed by atoms with Crippen LogP contribution in [0.4, 0.5) is 0 Å². The summed E-state index contributed by atoms with van der Waals surface area (Å²) in [5.74, 6) is 0.732. The van der Waals surface area contributed by atoms with Gasteiger partial charge in [-0.2, -0.15) is 0 Å². The number of halogens is 1. The SMILES string of the molecule is C/C=C(\C)C1C=CC=CC1.C=CCC(=O)N1CCc2ncnc(Cl)c2C1.CC. The first-order valence-electron chi connectivity index (χ1n) is 9.89. The Morgan fingerprint density at radius 3 is 2.71 bits per heavy atom. The third-order valence-corrected chi connectivity index (χ3v) is 4.97. The summed E-state index contributed by atoms with van der Waals surface area (Å²) in [4.78, 5) is 21.5. The summed E-state index contributed by atoms with van der Waals surface area (Å²) in [6, 6.07) is 0. The Bertz CT molecular complexity index is 737. The van der Waals surface area contributed by atoms with E-state index in [0.29, 0.717) is 30.6 Å². The monoisotopic (exact) mass is 401 g/mol. The minimum Gasteiger partial charge on any atom is -0.338 e. The van der Waals surface area contributed by atoms with Crippen LogP contribution in [0.5, 0.6) is 0 Å². The van der Waals surface area contributed by atoms with Crippen LogP contribution in [0, 0.1) is 5.92 Å². The molecule has 4 nitrogen and oxygen atoms in total. The van der Waals surface area contributed by atoms with Crippen LogP contribution in [0.15, 0.2) is 54.9 Å². The van der Waals surface area contributed by atoms with Gasteiger partial charge >= 0.3 is 0 Å². The maximum absolute atomic E-state index is 11.7. The van der Waals surface area contributed by atoms with Crippen LogP contribution in [0.2, 0.25) is 5.15 Å². The van der Waals surface area contributed by atoms with Crippen molar-refractivity contribution in [3.8, 4) is 0 Å². The maximum Gasteiger partial charge on any atom is 0.226 e. The molecule has 1 amide bonds. The molecule has 1 unspecified atom stereocenters. The lowest BCUT2D eigenvalue weighted by molar-refractivity contribution is -0.131. The molecule has 0 N–H and O–H groups in total. The molecule has 28 heavy (non-hydrogen) atoms. The Kier molecular flexibility index (Phi) is 11.1. The van der Waals surface area contributed by atoms with Gasteiger partial charge in [0.15, 0.2) is 0 Å². The second-order valence-electron chi connectivity index (χ2n) is 6.34. The average Bonchev–Trinajstić information content (AvgIpc) is 2.76. The summed E-state index contributed by atoms with van der Waals surface area (Å²) in [6.45, 7) is 13.0. The number of fused-ring (bicyclic) bond motifs is 1. The number of nitrogens with zero attached hydrogens (tertiary/aromatic N) is 3. The molecule has 2 aliphatic rings. The van der Waals surface area contributed by atoms with Crippen LogP contribution in [-0.4, -0.2) is 27.3 Å². The normalized spacial score (nSPS) is 17.5. The lowest BCUT2D eigenvalue weighted by atomic mass is 9.93. The summed E-state index contributed by atoms with van der Waals surface area (Å²) >= 11 is 5.98. The molecular formula is C23H32ClN3O. The fourth-order valence-corrected chi connectivity index (χ4v) is 3.12. The van der Waals surface area contributed by atoms with Gasteiger partial charge in [-0.1, -0.05) is 67.5 Å². The lowest BCUT2D eigenvalue weighted by Crippen LogP contribution is -2.36. The zero-order valence-corrected chi connectivity index (χ0v) is 18.2. The van der Waals surface area contributed by atoms with Crippen LogP contribution in [-0.2, 0) is 17.8 Å². The molecule has 1 aliphatic heterocycles. The van der Waals surface area contributed by atoms with Crippen molar-refractivity contribution in [3.63, 3.8) is 0 Å². The highest BCUT2D eigenvalue weighted by Crippen LogP contribution is 2.23. The molecule has 5 heteroatoms. The topological polar surface area (TPSA) is 46.1 Å². The largest absolute Gasteiger partial charge is 0.338 e. The third kappa shape index (κ3) is 7.08. The van der Waals surface area contributed by atoms with Crippen LogP contribution in [0.1, 0.15) is 51.8 Å². The van der Waals surface area contributed by atoms with E-state index in [0.717, 1.165) is 17.7 Å². The third-order valence-electron chi connectivity index (χ3n) is 4.64. The minimum absolute atomic E-state index is 0.0700. The van der Waals surface area contributed by atoms with Crippen LogP contribution < -0.4 is 0 Å². The van der Waals surface area contributed by atoms with Gasteiger partial charge in [0.25, 0.3) is 0 Å². The molecule has 0 saturated carbocycles. The zero-order chi connectivity index (χ0) is 20.9. The first-order chi connectivity index (χ1) is 13.6. The van der Waals surface area contributed by atoms with E-state index in [2.05, 4.69) is 60.8 Å².